The van der Waals surface area contributed by atoms with Gasteiger partial charge in [0.15, 0.2) is 6.29 Å². The molecule has 1 N–H and O–H groups in total. The molecule has 4 aliphatic carbocycles. The third-order valence-corrected chi connectivity index (χ3v) is 6.10. The van der Waals surface area contributed by atoms with Crippen LogP contribution in [-0.4, -0.2) is 17.0 Å². The Morgan fingerprint density at radius 3 is 2.00 bits per heavy atom. The van der Waals surface area contributed by atoms with Crippen LogP contribution in [0.2, 0.25) is 0 Å². The zero-order valence-corrected chi connectivity index (χ0v) is 12.8. The van der Waals surface area contributed by atoms with Crippen molar-refractivity contribution in [3.63, 3.8) is 0 Å². The van der Waals surface area contributed by atoms with Gasteiger partial charge in [-0.25, -0.2) is 0 Å². The fourth-order valence-corrected chi connectivity index (χ4v) is 5.54. The van der Waals surface area contributed by atoms with Gasteiger partial charge in [-0.15, -0.1) is 0 Å². The largest absolute Gasteiger partial charge is 0.368 e. The van der Waals surface area contributed by atoms with Crippen molar-refractivity contribution in [2.45, 2.75) is 77.6 Å². The molecule has 0 saturated heterocycles. The maximum atomic E-state index is 10.3. The van der Waals surface area contributed by atoms with Crippen LogP contribution < -0.4 is 0 Å². The van der Waals surface area contributed by atoms with Crippen LogP contribution in [0.5, 0.6) is 0 Å². The Bertz CT molecular complexity index is 295. The Labute approximate surface area is 117 Å². The van der Waals surface area contributed by atoms with Crippen LogP contribution in [0.25, 0.3) is 0 Å². The average Bonchev–Trinajstić information content (AvgIpc) is 2.32. The molecule has 1 atom stereocenters. The van der Waals surface area contributed by atoms with Gasteiger partial charge in [0.25, 0.3) is 0 Å². The first-order valence-corrected chi connectivity index (χ1v) is 8.39. The summed E-state index contributed by atoms with van der Waals surface area (Å²) >= 11 is 0. The van der Waals surface area contributed by atoms with Crippen molar-refractivity contribution in [2.75, 3.05) is 0 Å². The highest BCUT2D eigenvalue weighted by atomic mass is 16.6. The van der Waals surface area contributed by atoms with Crippen molar-refractivity contribution in [1.29, 1.82) is 0 Å². The van der Waals surface area contributed by atoms with Crippen molar-refractivity contribution >= 4 is 0 Å². The molecule has 4 rings (SSSR count). The third kappa shape index (κ3) is 2.35. The van der Waals surface area contributed by atoms with Crippen molar-refractivity contribution in [2.24, 2.45) is 29.6 Å². The maximum absolute atomic E-state index is 10.3. The fourth-order valence-electron chi connectivity index (χ4n) is 5.54. The van der Waals surface area contributed by atoms with Gasteiger partial charge in [-0.1, -0.05) is 20.8 Å². The monoisotopic (exact) mass is 266 g/mol. The van der Waals surface area contributed by atoms with Crippen molar-refractivity contribution in [1.82, 2.24) is 0 Å². The minimum absolute atomic E-state index is 0.00171. The highest BCUT2D eigenvalue weighted by molar-refractivity contribution is 5.07. The summed E-state index contributed by atoms with van der Waals surface area (Å²) in [5.41, 5.74) is 0.00171. The van der Waals surface area contributed by atoms with Gasteiger partial charge in [0.05, 0.1) is 5.60 Å². The first kappa shape index (κ1) is 13.9. The molecule has 4 saturated carbocycles. The minimum Gasteiger partial charge on any atom is -0.368 e. The Hall–Kier alpha value is -0.0800. The lowest BCUT2D eigenvalue weighted by molar-refractivity contribution is -0.273. The quantitative estimate of drug-likeness (QED) is 0.763. The van der Waals surface area contributed by atoms with E-state index in [9.17, 15) is 5.11 Å². The van der Waals surface area contributed by atoms with Crippen LogP contribution in [0.4, 0.5) is 0 Å². The Kier molecular flexibility index (Phi) is 3.68. The molecule has 4 fully saturated rings. The van der Waals surface area contributed by atoms with E-state index in [1.165, 1.54) is 32.1 Å². The van der Waals surface area contributed by atoms with Gasteiger partial charge in [-0.05, 0) is 68.1 Å². The molecule has 4 bridgehead atoms. The lowest BCUT2D eigenvalue weighted by Crippen LogP contribution is -2.59. The van der Waals surface area contributed by atoms with Crippen LogP contribution >= 0.6 is 0 Å². The van der Waals surface area contributed by atoms with E-state index in [4.69, 9.17) is 4.74 Å². The zero-order valence-electron chi connectivity index (χ0n) is 12.8. The maximum Gasteiger partial charge on any atom is 0.155 e. The molecule has 1 unspecified atom stereocenters. The number of hydrogen-bond donors (Lipinski definition) is 1. The molecule has 0 aliphatic heterocycles. The topological polar surface area (TPSA) is 29.5 Å². The summed E-state index contributed by atoms with van der Waals surface area (Å²) in [6.45, 7) is 6.58. The van der Waals surface area contributed by atoms with Crippen LogP contribution in [0.15, 0.2) is 0 Å². The standard InChI is InChI=1S/C17H30O2/c1-4-17(19-16(18)5-11(2)3)14-7-12-6-13(9-14)10-15(17)8-12/h11-16,18H,4-10H2,1-3H3. The molecule has 0 spiro atoms. The summed E-state index contributed by atoms with van der Waals surface area (Å²) in [6, 6.07) is 0. The average molecular weight is 266 g/mol. The van der Waals surface area contributed by atoms with E-state index in [2.05, 4.69) is 20.8 Å². The smallest absolute Gasteiger partial charge is 0.155 e. The van der Waals surface area contributed by atoms with Crippen molar-refractivity contribution in [3.8, 4) is 0 Å². The molecule has 0 aromatic carbocycles. The van der Waals surface area contributed by atoms with E-state index >= 15 is 0 Å². The number of ether oxygens (including phenoxy) is 1. The summed E-state index contributed by atoms with van der Waals surface area (Å²) in [5.74, 6) is 3.87. The number of aliphatic hydroxyl groups is 1. The van der Waals surface area contributed by atoms with Gasteiger partial charge in [0, 0.05) is 6.42 Å². The van der Waals surface area contributed by atoms with Crippen LogP contribution in [0.3, 0.4) is 0 Å². The number of aliphatic hydroxyl groups excluding tert-OH is 1. The Morgan fingerprint density at radius 1 is 1.05 bits per heavy atom. The van der Waals surface area contributed by atoms with E-state index in [-0.39, 0.29) is 5.60 Å². The van der Waals surface area contributed by atoms with Gasteiger partial charge >= 0.3 is 0 Å². The molecule has 19 heavy (non-hydrogen) atoms. The second kappa shape index (κ2) is 5.04. The van der Waals surface area contributed by atoms with Crippen molar-refractivity contribution < 1.29 is 9.84 Å². The summed E-state index contributed by atoms with van der Waals surface area (Å²) in [5, 5.41) is 10.3. The first-order chi connectivity index (χ1) is 9.03. The van der Waals surface area contributed by atoms with Gasteiger partial charge in [0.2, 0.25) is 0 Å². The zero-order chi connectivity index (χ0) is 13.6. The van der Waals surface area contributed by atoms with Crippen LogP contribution in [0.1, 0.15) is 65.7 Å². The molecule has 0 heterocycles. The highest BCUT2D eigenvalue weighted by Gasteiger charge is 2.57. The SMILES string of the molecule is CCC1(OC(O)CC(C)C)C2CC3CC(C2)CC1C3. The summed E-state index contributed by atoms with van der Waals surface area (Å²) < 4.78 is 6.33. The van der Waals surface area contributed by atoms with Gasteiger partial charge in [-0.2, -0.15) is 0 Å². The van der Waals surface area contributed by atoms with Gasteiger partial charge < -0.3 is 9.84 Å². The highest BCUT2D eigenvalue weighted by Crippen LogP contribution is 2.60. The summed E-state index contributed by atoms with van der Waals surface area (Å²) in [7, 11) is 0. The predicted octanol–water partition coefficient (Wildman–Crippen LogP) is 3.97. The molecule has 2 heteroatoms. The molecule has 4 aliphatic rings. The van der Waals surface area contributed by atoms with Gasteiger partial charge in [0.1, 0.15) is 0 Å². The predicted molar refractivity (Wildman–Crippen MR) is 76.6 cm³/mol. The molecule has 110 valence electrons. The van der Waals surface area contributed by atoms with E-state index in [0.29, 0.717) is 5.92 Å². The third-order valence-electron chi connectivity index (χ3n) is 6.10. The number of rotatable bonds is 5. The lowest BCUT2D eigenvalue weighted by atomic mass is 9.49. The Morgan fingerprint density at radius 2 is 1.58 bits per heavy atom. The van der Waals surface area contributed by atoms with E-state index in [0.717, 1.165) is 36.5 Å². The lowest BCUT2D eigenvalue weighted by Gasteiger charge is -2.61. The van der Waals surface area contributed by atoms with Crippen molar-refractivity contribution in [3.05, 3.63) is 0 Å². The fraction of sp³-hybridized carbons (Fsp3) is 1.00. The summed E-state index contributed by atoms with van der Waals surface area (Å²) in [4.78, 5) is 0. The molecular weight excluding hydrogens is 236 g/mol. The van der Waals surface area contributed by atoms with Crippen LogP contribution in [0, 0.1) is 29.6 Å². The van der Waals surface area contributed by atoms with E-state index in [1.807, 2.05) is 0 Å². The molecule has 2 nitrogen and oxygen atoms in total. The molecular formula is C17H30O2. The Balaban J connectivity index is 1.75. The molecule has 0 amide bonds. The van der Waals surface area contributed by atoms with E-state index < -0.39 is 6.29 Å². The van der Waals surface area contributed by atoms with E-state index in [1.54, 1.807) is 0 Å². The molecule has 0 radical (unpaired) electrons. The summed E-state index contributed by atoms with van der Waals surface area (Å²) in [6.07, 6.45) is 8.19. The number of hydrogen-bond acceptors (Lipinski definition) is 2. The minimum atomic E-state index is -0.558. The second-order valence-corrected chi connectivity index (χ2v) is 7.81. The first-order valence-electron chi connectivity index (χ1n) is 8.39. The molecule has 0 aromatic rings. The normalized spacial score (nSPS) is 45.9. The van der Waals surface area contributed by atoms with Gasteiger partial charge in [-0.3, -0.25) is 0 Å². The van der Waals surface area contributed by atoms with Crippen LogP contribution in [-0.2, 0) is 4.74 Å². The second-order valence-electron chi connectivity index (χ2n) is 7.81. The molecule has 0 aromatic heterocycles.